The lowest BCUT2D eigenvalue weighted by atomic mass is 10.2. The second-order valence-corrected chi connectivity index (χ2v) is 6.15. The Morgan fingerprint density at radius 2 is 1.48 bits per heavy atom. The number of rotatable bonds is 3. The Hall–Kier alpha value is -1.36. The fraction of sp³-hybridized carbons (Fsp3) is 0.250. The summed E-state index contributed by atoms with van der Waals surface area (Å²) in [7, 11) is 0. The lowest BCUT2D eigenvalue weighted by molar-refractivity contribution is 0.650. The third-order valence-electron chi connectivity index (χ3n) is 3.80. The molecule has 1 aliphatic rings. The number of piperazine rings is 1. The number of benzene rings is 2. The van der Waals surface area contributed by atoms with Crippen LogP contribution in [0.5, 0.6) is 0 Å². The first-order valence-electron chi connectivity index (χ1n) is 6.99. The maximum atomic E-state index is 5.95. The molecule has 0 amide bonds. The second kappa shape index (κ2) is 6.60. The number of hydrogen-bond donors (Lipinski definition) is 1. The number of anilines is 2. The van der Waals surface area contributed by atoms with Crippen molar-refractivity contribution < 1.29 is 0 Å². The zero-order valence-electron chi connectivity index (χ0n) is 11.7. The summed E-state index contributed by atoms with van der Waals surface area (Å²) in [6.07, 6.45) is 0. The van der Waals surface area contributed by atoms with E-state index in [0.717, 1.165) is 36.1 Å². The molecule has 2 N–H and O–H groups in total. The van der Waals surface area contributed by atoms with Gasteiger partial charge < -0.3 is 9.80 Å². The minimum Gasteiger partial charge on any atom is -0.368 e. The highest BCUT2D eigenvalue weighted by atomic mass is 35.5. The minimum absolute atomic E-state index is 0.784. The Balaban J connectivity index is 1.69. The Bertz CT molecular complexity index is 595. The molecule has 0 aliphatic carbocycles. The van der Waals surface area contributed by atoms with Crippen LogP contribution in [0.2, 0.25) is 5.02 Å². The summed E-state index contributed by atoms with van der Waals surface area (Å²) in [6.45, 7) is 4.01. The van der Waals surface area contributed by atoms with Gasteiger partial charge in [0.25, 0.3) is 0 Å². The zero-order chi connectivity index (χ0) is 14.7. The van der Waals surface area contributed by atoms with Crippen molar-refractivity contribution in [2.75, 3.05) is 36.0 Å². The van der Waals surface area contributed by atoms with E-state index in [4.69, 9.17) is 16.7 Å². The van der Waals surface area contributed by atoms with Crippen molar-refractivity contribution in [1.82, 2.24) is 0 Å². The van der Waals surface area contributed by atoms with Gasteiger partial charge in [0.1, 0.15) is 0 Å². The number of nitrogens with two attached hydrogens (primary N) is 1. The van der Waals surface area contributed by atoms with Crippen LogP contribution in [0.3, 0.4) is 0 Å². The van der Waals surface area contributed by atoms with Crippen LogP contribution in [0.1, 0.15) is 0 Å². The molecule has 0 unspecified atom stereocenters. The average Bonchev–Trinajstić information content (AvgIpc) is 2.56. The van der Waals surface area contributed by atoms with Crippen LogP contribution in [0.15, 0.2) is 53.4 Å². The van der Waals surface area contributed by atoms with Crippen molar-refractivity contribution in [3.8, 4) is 0 Å². The molecule has 2 aromatic rings. The lowest BCUT2D eigenvalue weighted by Gasteiger charge is -2.38. The molecule has 1 fully saturated rings. The molecule has 1 aliphatic heterocycles. The van der Waals surface area contributed by atoms with Crippen molar-refractivity contribution in [3.05, 3.63) is 53.6 Å². The van der Waals surface area contributed by atoms with Crippen molar-refractivity contribution in [2.45, 2.75) is 4.90 Å². The highest BCUT2D eigenvalue weighted by Gasteiger charge is 2.19. The summed E-state index contributed by atoms with van der Waals surface area (Å²) < 4.78 is 0. The molecule has 3 rings (SSSR count). The first-order valence-corrected chi connectivity index (χ1v) is 8.25. The number of halogens is 1. The normalized spacial score (nSPS) is 15.3. The molecular formula is C16H18ClN3S. The van der Waals surface area contributed by atoms with Crippen LogP contribution in [0.25, 0.3) is 0 Å². The number of para-hydroxylation sites is 1. The first-order chi connectivity index (χ1) is 10.3. The molecule has 0 bridgehead atoms. The van der Waals surface area contributed by atoms with Crippen molar-refractivity contribution in [3.63, 3.8) is 0 Å². The Morgan fingerprint density at radius 3 is 2.14 bits per heavy atom. The molecular weight excluding hydrogens is 302 g/mol. The fourth-order valence-electron chi connectivity index (χ4n) is 2.68. The SMILES string of the molecule is NSc1ccccc1N1CCN(c2ccc(Cl)cc2)CC1. The highest BCUT2D eigenvalue weighted by Crippen LogP contribution is 2.28. The van der Waals surface area contributed by atoms with Crippen molar-refractivity contribution in [2.24, 2.45) is 5.14 Å². The van der Waals surface area contributed by atoms with Gasteiger partial charge in [0.15, 0.2) is 0 Å². The van der Waals surface area contributed by atoms with Gasteiger partial charge in [-0.15, -0.1) is 0 Å². The first kappa shape index (κ1) is 14.6. The lowest BCUT2D eigenvalue weighted by Crippen LogP contribution is -2.46. The van der Waals surface area contributed by atoms with Crippen LogP contribution in [-0.2, 0) is 0 Å². The maximum Gasteiger partial charge on any atom is 0.0518 e. The molecule has 2 aromatic carbocycles. The average molecular weight is 320 g/mol. The summed E-state index contributed by atoms with van der Waals surface area (Å²) in [5.74, 6) is 0. The largest absolute Gasteiger partial charge is 0.368 e. The zero-order valence-corrected chi connectivity index (χ0v) is 13.3. The molecule has 21 heavy (non-hydrogen) atoms. The maximum absolute atomic E-state index is 5.95. The van der Waals surface area contributed by atoms with Gasteiger partial charge in [0.05, 0.1) is 5.69 Å². The Labute approximate surface area is 134 Å². The monoisotopic (exact) mass is 319 g/mol. The van der Waals surface area contributed by atoms with E-state index in [2.05, 4.69) is 40.1 Å². The second-order valence-electron chi connectivity index (χ2n) is 5.04. The highest BCUT2D eigenvalue weighted by molar-refractivity contribution is 7.97. The quantitative estimate of drug-likeness (QED) is 0.876. The standard InChI is InChI=1S/C16H18ClN3S/c17-13-5-7-14(8-6-13)19-9-11-20(12-10-19)15-3-1-2-4-16(15)21-18/h1-8H,9-12,18H2. The Kier molecular flexibility index (Phi) is 4.58. The Morgan fingerprint density at radius 1 is 0.857 bits per heavy atom. The minimum atomic E-state index is 0.784. The van der Waals surface area contributed by atoms with Crippen molar-refractivity contribution >= 4 is 34.9 Å². The molecule has 5 heteroatoms. The van der Waals surface area contributed by atoms with Gasteiger partial charge in [-0.1, -0.05) is 23.7 Å². The van der Waals surface area contributed by atoms with Gasteiger partial charge in [0.2, 0.25) is 0 Å². The van der Waals surface area contributed by atoms with Crippen LogP contribution in [0.4, 0.5) is 11.4 Å². The van der Waals surface area contributed by atoms with E-state index in [1.165, 1.54) is 23.3 Å². The van der Waals surface area contributed by atoms with E-state index in [1.807, 2.05) is 18.2 Å². The third-order valence-corrected chi connectivity index (χ3v) is 4.66. The van der Waals surface area contributed by atoms with E-state index < -0.39 is 0 Å². The number of nitrogens with zero attached hydrogens (tertiary/aromatic N) is 2. The fourth-order valence-corrected chi connectivity index (χ4v) is 3.28. The van der Waals surface area contributed by atoms with Gasteiger partial charge in [-0.3, -0.25) is 5.14 Å². The van der Waals surface area contributed by atoms with Gasteiger partial charge in [-0.05, 0) is 48.3 Å². The molecule has 110 valence electrons. The molecule has 0 aromatic heterocycles. The smallest absolute Gasteiger partial charge is 0.0518 e. The molecule has 0 saturated carbocycles. The molecule has 1 heterocycles. The summed E-state index contributed by atoms with van der Waals surface area (Å²) in [4.78, 5) is 5.93. The third kappa shape index (κ3) is 3.28. The predicted octanol–water partition coefficient (Wildman–Crippen LogP) is 3.63. The molecule has 0 spiro atoms. The van der Waals surface area contributed by atoms with Gasteiger partial charge in [-0.2, -0.15) is 0 Å². The van der Waals surface area contributed by atoms with E-state index in [0.29, 0.717) is 0 Å². The molecule has 0 atom stereocenters. The van der Waals surface area contributed by atoms with Crippen molar-refractivity contribution in [1.29, 1.82) is 0 Å². The summed E-state index contributed by atoms with van der Waals surface area (Å²) in [6, 6.07) is 16.4. The van der Waals surface area contributed by atoms with E-state index >= 15 is 0 Å². The van der Waals surface area contributed by atoms with Crippen LogP contribution in [0, 0.1) is 0 Å². The van der Waals surface area contributed by atoms with Crippen LogP contribution < -0.4 is 14.9 Å². The topological polar surface area (TPSA) is 32.5 Å². The van der Waals surface area contributed by atoms with Gasteiger partial charge in [0, 0.05) is 41.8 Å². The molecule has 3 nitrogen and oxygen atoms in total. The predicted molar refractivity (Wildman–Crippen MR) is 92.4 cm³/mol. The van der Waals surface area contributed by atoms with E-state index in [-0.39, 0.29) is 0 Å². The van der Waals surface area contributed by atoms with Crippen LogP contribution in [-0.4, -0.2) is 26.2 Å². The van der Waals surface area contributed by atoms with Gasteiger partial charge in [-0.25, -0.2) is 0 Å². The molecule has 0 radical (unpaired) electrons. The van der Waals surface area contributed by atoms with E-state index in [9.17, 15) is 0 Å². The van der Waals surface area contributed by atoms with Crippen LogP contribution >= 0.6 is 23.5 Å². The summed E-state index contributed by atoms with van der Waals surface area (Å²) in [5, 5.41) is 6.54. The molecule has 1 saturated heterocycles. The van der Waals surface area contributed by atoms with Gasteiger partial charge >= 0.3 is 0 Å². The summed E-state index contributed by atoms with van der Waals surface area (Å²) >= 11 is 7.26. The summed E-state index contributed by atoms with van der Waals surface area (Å²) in [5.41, 5.74) is 2.47. The number of hydrogen-bond acceptors (Lipinski definition) is 4. The van der Waals surface area contributed by atoms with E-state index in [1.54, 1.807) is 0 Å².